The largest absolute Gasteiger partial charge is 0.419 e. The van der Waals surface area contributed by atoms with Gasteiger partial charge in [0.05, 0.1) is 10.2 Å². The summed E-state index contributed by atoms with van der Waals surface area (Å²) in [7, 11) is 0. The van der Waals surface area contributed by atoms with E-state index in [1.165, 1.54) is 29.7 Å². The minimum absolute atomic E-state index is 0.207. The number of esters is 2. The van der Waals surface area contributed by atoms with Crippen molar-refractivity contribution >= 4 is 38.6 Å². The molecule has 1 aliphatic heterocycles. The van der Waals surface area contributed by atoms with E-state index in [1.807, 2.05) is 0 Å². The van der Waals surface area contributed by atoms with Gasteiger partial charge in [0.1, 0.15) is 5.82 Å². The standard InChI is InChI=1S/C17H15FN2O4S/c18-10-4-5-12-13(8-10)25-16(20-12)19-9-11-14(21)23-17(24-15(11)22)6-2-1-3-7-17/h4-5,8-9H,1-3,6-7H2,(H,19,20). The topological polar surface area (TPSA) is 77.5 Å². The van der Waals surface area contributed by atoms with E-state index < -0.39 is 17.7 Å². The lowest BCUT2D eigenvalue weighted by Crippen LogP contribution is -2.47. The summed E-state index contributed by atoms with van der Waals surface area (Å²) in [5, 5.41) is 3.23. The first-order chi connectivity index (χ1) is 12.0. The number of aromatic nitrogens is 1. The first-order valence-corrected chi connectivity index (χ1v) is 8.86. The summed E-state index contributed by atoms with van der Waals surface area (Å²) in [6.07, 6.45) is 5.07. The Morgan fingerprint density at radius 1 is 1.16 bits per heavy atom. The molecule has 2 aliphatic rings. The number of carbonyl (C=O) groups is 2. The highest BCUT2D eigenvalue weighted by molar-refractivity contribution is 7.22. The summed E-state index contributed by atoms with van der Waals surface area (Å²) in [4.78, 5) is 28.7. The maximum Gasteiger partial charge on any atom is 0.350 e. The number of halogens is 1. The van der Waals surface area contributed by atoms with Crippen LogP contribution < -0.4 is 5.32 Å². The molecule has 6 nitrogen and oxygen atoms in total. The number of hydrogen-bond donors (Lipinski definition) is 1. The van der Waals surface area contributed by atoms with Crippen LogP contribution in [0.3, 0.4) is 0 Å². The molecule has 8 heteroatoms. The van der Waals surface area contributed by atoms with Crippen molar-refractivity contribution in [3.63, 3.8) is 0 Å². The van der Waals surface area contributed by atoms with E-state index in [0.717, 1.165) is 19.3 Å². The molecule has 0 amide bonds. The van der Waals surface area contributed by atoms with E-state index in [1.54, 1.807) is 6.07 Å². The Morgan fingerprint density at radius 3 is 2.60 bits per heavy atom. The number of carbonyl (C=O) groups excluding carboxylic acids is 2. The van der Waals surface area contributed by atoms with Crippen LogP contribution in [0.5, 0.6) is 0 Å². The second-order valence-electron chi connectivity index (χ2n) is 6.08. The van der Waals surface area contributed by atoms with Gasteiger partial charge in [0, 0.05) is 19.0 Å². The maximum atomic E-state index is 13.2. The Balaban J connectivity index is 1.52. The highest BCUT2D eigenvalue weighted by Crippen LogP contribution is 2.37. The molecular weight excluding hydrogens is 347 g/mol. The zero-order chi connectivity index (χ0) is 17.4. The van der Waals surface area contributed by atoms with Crippen LogP contribution in [-0.4, -0.2) is 22.7 Å². The van der Waals surface area contributed by atoms with E-state index in [-0.39, 0.29) is 11.4 Å². The zero-order valence-corrected chi connectivity index (χ0v) is 14.0. The van der Waals surface area contributed by atoms with Crippen molar-refractivity contribution in [1.29, 1.82) is 0 Å². The van der Waals surface area contributed by atoms with Crippen molar-refractivity contribution in [3.8, 4) is 0 Å². The van der Waals surface area contributed by atoms with Gasteiger partial charge in [-0.05, 0) is 31.0 Å². The lowest BCUT2D eigenvalue weighted by Gasteiger charge is -2.38. The van der Waals surface area contributed by atoms with Crippen LogP contribution in [0.25, 0.3) is 10.2 Å². The third-order valence-electron chi connectivity index (χ3n) is 4.30. The number of anilines is 1. The van der Waals surface area contributed by atoms with Gasteiger partial charge >= 0.3 is 11.9 Å². The van der Waals surface area contributed by atoms with Crippen LogP contribution in [0.4, 0.5) is 9.52 Å². The van der Waals surface area contributed by atoms with Gasteiger partial charge in [-0.2, -0.15) is 0 Å². The highest BCUT2D eigenvalue weighted by atomic mass is 32.1. The Bertz CT molecular complexity index is 864. The van der Waals surface area contributed by atoms with Crippen molar-refractivity contribution in [3.05, 3.63) is 35.8 Å². The van der Waals surface area contributed by atoms with Gasteiger partial charge in [0.25, 0.3) is 5.79 Å². The van der Waals surface area contributed by atoms with E-state index >= 15 is 0 Å². The van der Waals surface area contributed by atoms with Gasteiger partial charge in [-0.25, -0.2) is 19.0 Å². The molecule has 0 bridgehead atoms. The van der Waals surface area contributed by atoms with Crippen molar-refractivity contribution in [2.75, 3.05) is 5.32 Å². The predicted molar refractivity (Wildman–Crippen MR) is 89.3 cm³/mol. The number of hydrogen-bond acceptors (Lipinski definition) is 7. The molecule has 25 heavy (non-hydrogen) atoms. The summed E-state index contributed by atoms with van der Waals surface area (Å²) in [6.45, 7) is 0. The minimum Gasteiger partial charge on any atom is -0.419 e. The first-order valence-electron chi connectivity index (χ1n) is 8.04. The molecular formula is C17H15FN2O4S. The molecule has 0 radical (unpaired) electrons. The van der Waals surface area contributed by atoms with E-state index in [0.29, 0.717) is 28.2 Å². The molecule has 0 atom stereocenters. The Morgan fingerprint density at radius 2 is 1.88 bits per heavy atom. The molecule has 2 fully saturated rings. The monoisotopic (exact) mass is 362 g/mol. The molecule has 2 aromatic rings. The zero-order valence-electron chi connectivity index (χ0n) is 13.2. The molecule has 1 saturated carbocycles. The van der Waals surface area contributed by atoms with Gasteiger partial charge in [0.2, 0.25) is 0 Å². The summed E-state index contributed by atoms with van der Waals surface area (Å²) in [5.74, 6) is -2.84. The van der Waals surface area contributed by atoms with Gasteiger partial charge < -0.3 is 14.8 Å². The van der Waals surface area contributed by atoms with E-state index in [4.69, 9.17) is 9.47 Å². The van der Waals surface area contributed by atoms with E-state index in [2.05, 4.69) is 10.3 Å². The quantitative estimate of drug-likeness (QED) is 0.501. The molecule has 0 unspecified atom stereocenters. The average Bonchev–Trinajstić information content (AvgIpc) is 2.96. The Hall–Kier alpha value is -2.48. The minimum atomic E-state index is -1.10. The van der Waals surface area contributed by atoms with Crippen LogP contribution in [-0.2, 0) is 19.1 Å². The smallest absolute Gasteiger partial charge is 0.350 e. The SMILES string of the molecule is O=C1OC2(CCCCC2)OC(=O)C1=CNc1nc2ccc(F)cc2s1. The second-order valence-corrected chi connectivity index (χ2v) is 7.11. The molecule has 1 spiro atoms. The van der Waals surface area contributed by atoms with Crippen LogP contribution in [0.1, 0.15) is 32.1 Å². The summed E-state index contributed by atoms with van der Waals surface area (Å²) < 4.78 is 24.7. The van der Waals surface area contributed by atoms with Crippen molar-refractivity contribution < 1.29 is 23.5 Å². The van der Waals surface area contributed by atoms with Gasteiger partial charge in [-0.3, -0.25) is 0 Å². The van der Waals surface area contributed by atoms with Gasteiger partial charge in [0.15, 0.2) is 10.7 Å². The molecule has 130 valence electrons. The third kappa shape index (κ3) is 3.09. The van der Waals surface area contributed by atoms with Crippen LogP contribution in [0.15, 0.2) is 30.0 Å². The molecule has 4 rings (SSSR count). The molecule has 1 aliphatic carbocycles. The number of nitrogens with zero attached hydrogens (tertiary/aromatic N) is 1. The first kappa shape index (κ1) is 16.0. The van der Waals surface area contributed by atoms with Gasteiger partial charge in [-0.15, -0.1) is 0 Å². The highest BCUT2D eigenvalue weighted by Gasteiger charge is 2.46. The number of ether oxygens (including phenoxy) is 2. The normalized spacial score (nSPS) is 19.6. The number of rotatable bonds is 2. The van der Waals surface area contributed by atoms with Crippen molar-refractivity contribution in [2.45, 2.75) is 37.9 Å². The van der Waals surface area contributed by atoms with Crippen LogP contribution >= 0.6 is 11.3 Å². The predicted octanol–water partition coefficient (Wildman–Crippen LogP) is 3.49. The van der Waals surface area contributed by atoms with Crippen molar-refractivity contribution in [2.24, 2.45) is 0 Å². The maximum absolute atomic E-state index is 13.2. The number of benzene rings is 1. The fourth-order valence-corrected chi connectivity index (χ4v) is 3.92. The molecule has 1 N–H and O–H groups in total. The van der Waals surface area contributed by atoms with Gasteiger partial charge in [-0.1, -0.05) is 17.8 Å². The summed E-state index contributed by atoms with van der Waals surface area (Å²) >= 11 is 1.21. The number of fused-ring (bicyclic) bond motifs is 1. The Labute approximate surface area is 146 Å². The lowest BCUT2D eigenvalue weighted by atomic mass is 9.93. The summed E-state index contributed by atoms with van der Waals surface area (Å²) in [6, 6.07) is 4.26. The fraction of sp³-hybridized carbons (Fsp3) is 0.353. The molecule has 1 saturated heterocycles. The summed E-state index contributed by atoms with van der Waals surface area (Å²) in [5.41, 5.74) is 0.420. The second kappa shape index (κ2) is 6.11. The molecule has 2 heterocycles. The third-order valence-corrected chi connectivity index (χ3v) is 5.25. The fourth-order valence-electron chi connectivity index (χ4n) is 3.06. The van der Waals surface area contributed by atoms with Crippen LogP contribution in [0, 0.1) is 5.82 Å². The molecule has 1 aromatic carbocycles. The van der Waals surface area contributed by atoms with E-state index in [9.17, 15) is 14.0 Å². The van der Waals surface area contributed by atoms with Crippen LogP contribution in [0.2, 0.25) is 0 Å². The molecule has 1 aromatic heterocycles. The van der Waals surface area contributed by atoms with Crippen molar-refractivity contribution in [1.82, 2.24) is 4.98 Å². The number of nitrogens with one attached hydrogen (secondary N) is 1. The Kier molecular flexibility index (Phi) is 3.91. The average molecular weight is 362 g/mol. The number of thiazole rings is 1. The lowest BCUT2D eigenvalue weighted by molar-refractivity contribution is -0.244.